The molecule has 0 atom stereocenters. The van der Waals surface area contributed by atoms with Gasteiger partial charge in [0, 0.05) is 17.0 Å². The first-order chi connectivity index (χ1) is 9.86. The Morgan fingerprint density at radius 3 is 2.76 bits per heavy atom. The predicted octanol–water partition coefficient (Wildman–Crippen LogP) is 3.72. The van der Waals surface area contributed by atoms with Crippen LogP contribution in [0.15, 0.2) is 31.2 Å². The van der Waals surface area contributed by atoms with Gasteiger partial charge in [-0.2, -0.15) is 0 Å². The number of carboxylic acids is 1. The highest BCUT2D eigenvalue weighted by Gasteiger charge is 2.16. The van der Waals surface area contributed by atoms with Gasteiger partial charge in [-0.25, -0.2) is 4.79 Å². The molecule has 0 unspecified atom stereocenters. The molecule has 0 aliphatic rings. The maximum Gasteiger partial charge on any atom is 0.342 e. The van der Waals surface area contributed by atoms with E-state index in [9.17, 15) is 15.0 Å². The van der Waals surface area contributed by atoms with Gasteiger partial charge >= 0.3 is 5.97 Å². The van der Waals surface area contributed by atoms with E-state index in [4.69, 9.17) is 16.0 Å². The number of aromatic hydroxyl groups is 1. The fourth-order valence-electron chi connectivity index (χ4n) is 1.39. The zero-order valence-corrected chi connectivity index (χ0v) is 13.7. The Labute approximate surface area is 137 Å². The normalized spacial score (nSPS) is 11.7. The average Bonchev–Trinajstić information content (AvgIpc) is 2.79. The first-order valence-corrected chi connectivity index (χ1v) is 7.46. The number of carbonyl (C=O) groups is 1. The summed E-state index contributed by atoms with van der Waals surface area (Å²) in [7, 11) is 0. The number of aryl methyl sites for hydroxylation is 1. The summed E-state index contributed by atoms with van der Waals surface area (Å²) < 4.78 is 5.73. The summed E-state index contributed by atoms with van der Waals surface area (Å²) in [6, 6.07) is 3.05. The first-order valence-electron chi connectivity index (χ1n) is 5.48. The quantitative estimate of drug-likeness (QED) is 0.605. The zero-order chi connectivity index (χ0) is 15.6. The van der Waals surface area contributed by atoms with E-state index in [1.54, 1.807) is 13.0 Å². The van der Waals surface area contributed by atoms with Gasteiger partial charge in [0.05, 0.1) is 5.02 Å². The van der Waals surface area contributed by atoms with Crippen molar-refractivity contribution in [3.8, 4) is 5.75 Å². The number of thioether (sulfide) groups is 1. The van der Waals surface area contributed by atoms with Crippen LogP contribution in [0.1, 0.15) is 11.5 Å². The summed E-state index contributed by atoms with van der Waals surface area (Å²) in [6.07, 6.45) is 1.28. The fourth-order valence-corrected chi connectivity index (χ4v) is 2.92. The molecule has 1 aromatic heterocycles. The van der Waals surface area contributed by atoms with Crippen LogP contribution < -0.4 is 0 Å². The number of hydrogen-bond acceptors (Lipinski definition) is 6. The van der Waals surface area contributed by atoms with Crippen LogP contribution in [0.3, 0.4) is 0 Å². The average molecular weight is 392 g/mol. The van der Waals surface area contributed by atoms with Crippen LogP contribution in [-0.2, 0) is 4.79 Å². The van der Waals surface area contributed by atoms with E-state index in [1.807, 2.05) is 0 Å². The molecule has 1 aromatic carbocycles. The summed E-state index contributed by atoms with van der Waals surface area (Å²) >= 11 is 9.85. The molecule has 2 N–H and O–H groups in total. The Hall–Kier alpha value is -1.51. The van der Waals surface area contributed by atoms with Crippen molar-refractivity contribution in [3.05, 3.63) is 38.0 Å². The molecule has 0 saturated heterocycles. The van der Waals surface area contributed by atoms with Crippen LogP contribution in [0.2, 0.25) is 5.02 Å². The summed E-state index contributed by atoms with van der Waals surface area (Å²) in [5.74, 6) is -1.07. The molecule has 0 spiro atoms. The minimum Gasteiger partial charge on any atom is -0.506 e. The Morgan fingerprint density at radius 2 is 2.19 bits per heavy atom. The molecule has 2 aromatic rings. The van der Waals surface area contributed by atoms with Gasteiger partial charge in [-0.1, -0.05) is 27.5 Å². The molecule has 0 aliphatic heterocycles. The van der Waals surface area contributed by atoms with E-state index in [0.717, 1.165) is 11.8 Å². The molecule has 0 radical (unpaired) electrons. The third-order valence-corrected chi connectivity index (χ3v) is 3.86. The van der Waals surface area contributed by atoms with Crippen LogP contribution >= 0.6 is 39.3 Å². The summed E-state index contributed by atoms with van der Waals surface area (Å²) in [5, 5.41) is 26.6. The topological polar surface area (TPSA) is 96.5 Å². The SMILES string of the molecule is Cc1nnc(S/C(=C\c2cc(Br)cc(Cl)c2O)C(=O)O)o1. The molecule has 0 fully saturated rings. The third-order valence-electron chi connectivity index (χ3n) is 2.26. The van der Waals surface area contributed by atoms with Gasteiger partial charge < -0.3 is 14.6 Å². The first kappa shape index (κ1) is 15.9. The number of aliphatic carboxylic acids is 1. The van der Waals surface area contributed by atoms with Crippen molar-refractivity contribution in [2.45, 2.75) is 12.1 Å². The summed E-state index contributed by atoms with van der Waals surface area (Å²) in [5.41, 5.74) is 0.260. The number of phenols is 1. The zero-order valence-electron chi connectivity index (χ0n) is 10.5. The Balaban J connectivity index is 2.40. The van der Waals surface area contributed by atoms with Gasteiger partial charge in [-0.05, 0) is 30.0 Å². The number of hydrogen-bond donors (Lipinski definition) is 2. The molecule has 0 bridgehead atoms. The van der Waals surface area contributed by atoms with Crippen molar-refractivity contribution in [2.24, 2.45) is 0 Å². The van der Waals surface area contributed by atoms with Crippen LogP contribution in [-0.4, -0.2) is 26.4 Å². The predicted molar refractivity (Wildman–Crippen MR) is 81.3 cm³/mol. The molecular weight excluding hydrogens is 384 g/mol. The maximum atomic E-state index is 11.3. The van der Waals surface area contributed by atoms with Crippen LogP contribution in [0.4, 0.5) is 0 Å². The Morgan fingerprint density at radius 1 is 1.48 bits per heavy atom. The number of phenolic OH excluding ortho intramolecular Hbond substituents is 1. The number of carboxylic acid groups (broad SMARTS) is 1. The van der Waals surface area contributed by atoms with Crippen molar-refractivity contribution in [2.75, 3.05) is 0 Å². The van der Waals surface area contributed by atoms with E-state index in [-0.39, 0.29) is 26.5 Å². The smallest absolute Gasteiger partial charge is 0.342 e. The van der Waals surface area contributed by atoms with Crippen molar-refractivity contribution in [3.63, 3.8) is 0 Å². The summed E-state index contributed by atoms with van der Waals surface area (Å²) in [4.78, 5) is 11.2. The highest BCUT2D eigenvalue weighted by atomic mass is 79.9. The van der Waals surface area contributed by atoms with E-state index < -0.39 is 5.97 Å². The maximum absolute atomic E-state index is 11.3. The number of benzene rings is 1. The van der Waals surface area contributed by atoms with E-state index in [0.29, 0.717) is 10.4 Å². The van der Waals surface area contributed by atoms with Crippen molar-refractivity contribution >= 4 is 51.3 Å². The molecule has 110 valence electrons. The number of halogens is 2. The number of aromatic nitrogens is 2. The van der Waals surface area contributed by atoms with Gasteiger partial charge in [-0.3, -0.25) is 0 Å². The fraction of sp³-hybridized carbons (Fsp3) is 0.0833. The molecule has 0 saturated carbocycles. The Bertz CT molecular complexity index is 732. The second-order valence-corrected chi connectivity index (χ2v) is 6.14. The monoisotopic (exact) mass is 390 g/mol. The number of nitrogens with zero attached hydrogens (tertiary/aromatic N) is 2. The molecule has 6 nitrogen and oxygen atoms in total. The van der Waals surface area contributed by atoms with Crippen molar-refractivity contribution in [1.29, 1.82) is 0 Å². The molecule has 9 heteroatoms. The highest BCUT2D eigenvalue weighted by molar-refractivity contribution is 9.10. The summed E-state index contributed by atoms with van der Waals surface area (Å²) in [6.45, 7) is 1.60. The minimum atomic E-state index is -1.19. The molecule has 2 rings (SSSR count). The highest BCUT2D eigenvalue weighted by Crippen LogP contribution is 2.35. The van der Waals surface area contributed by atoms with E-state index in [1.165, 1.54) is 12.1 Å². The second kappa shape index (κ2) is 6.50. The van der Waals surface area contributed by atoms with Gasteiger partial charge in [0.2, 0.25) is 5.89 Å². The molecule has 21 heavy (non-hydrogen) atoms. The minimum absolute atomic E-state index is 0.0943. The van der Waals surface area contributed by atoms with Crippen LogP contribution in [0.5, 0.6) is 5.75 Å². The van der Waals surface area contributed by atoms with Crippen LogP contribution in [0.25, 0.3) is 6.08 Å². The van der Waals surface area contributed by atoms with Gasteiger partial charge in [0.15, 0.2) is 0 Å². The lowest BCUT2D eigenvalue weighted by molar-refractivity contribution is -0.131. The largest absolute Gasteiger partial charge is 0.506 e. The standard InChI is InChI=1S/C12H8BrClN2O4S/c1-5-15-16-12(20-5)21-9(11(18)19)3-6-2-7(13)4-8(14)10(6)17/h2-4,17H,1H3,(H,18,19)/b9-3-. The van der Waals surface area contributed by atoms with Crippen LogP contribution in [0, 0.1) is 6.92 Å². The molecular formula is C12H8BrClN2O4S. The Kier molecular flexibility index (Phi) is 4.92. The molecule has 0 aliphatic carbocycles. The second-order valence-electron chi connectivity index (χ2n) is 3.83. The van der Waals surface area contributed by atoms with E-state index >= 15 is 0 Å². The molecule has 1 heterocycles. The lowest BCUT2D eigenvalue weighted by Gasteiger charge is -2.04. The van der Waals surface area contributed by atoms with E-state index in [2.05, 4.69) is 26.1 Å². The van der Waals surface area contributed by atoms with Crippen molar-refractivity contribution < 1.29 is 19.4 Å². The van der Waals surface area contributed by atoms with Crippen molar-refractivity contribution in [1.82, 2.24) is 10.2 Å². The lowest BCUT2D eigenvalue weighted by atomic mass is 10.2. The van der Waals surface area contributed by atoms with Gasteiger partial charge in [0.25, 0.3) is 5.22 Å². The third kappa shape index (κ3) is 3.99. The molecule has 0 amide bonds. The van der Waals surface area contributed by atoms with Gasteiger partial charge in [0.1, 0.15) is 10.7 Å². The number of rotatable bonds is 4. The lowest BCUT2D eigenvalue weighted by Crippen LogP contribution is -1.97. The van der Waals surface area contributed by atoms with Gasteiger partial charge in [-0.15, -0.1) is 10.2 Å².